The fraction of sp³-hybridized carbons (Fsp3) is 0.526. The molecule has 1 saturated heterocycles. The van der Waals surface area contributed by atoms with Gasteiger partial charge in [-0.25, -0.2) is 9.97 Å². The number of fused-ring (bicyclic) bond motifs is 1. The summed E-state index contributed by atoms with van der Waals surface area (Å²) in [5, 5.41) is 5.16. The number of carbonyl (C=O) groups is 1. The normalized spacial score (nSPS) is 19.9. The molecule has 4 heterocycles. The van der Waals surface area contributed by atoms with Gasteiger partial charge in [0.05, 0.1) is 24.5 Å². The summed E-state index contributed by atoms with van der Waals surface area (Å²) < 4.78 is 5.46. The summed E-state index contributed by atoms with van der Waals surface area (Å²) in [5.74, 6) is 0.800. The molecule has 138 valence electrons. The van der Waals surface area contributed by atoms with Crippen LogP contribution in [0.5, 0.6) is 0 Å². The Bertz CT molecular complexity index is 820. The van der Waals surface area contributed by atoms with E-state index in [2.05, 4.69) is 22.1 Å². The summed E-state index contributed by atoms with van der Waals surface area (Å²) in [6.07, 6.45) is 4.74. The lowest BCUT2D eigenvalue weighted by Gasteiger charge is -2.33. The van der Waals surface area contributed by atoms with Crippen LogP contribution in [-0.2, 0) is 17.8 Å². The molecule has 0 bridgehead atoms. The van der Waals surface area contributed by atoms with Crippen molar-refractivity contribution in [3.05, 3.63) is 38.8 Å². The highest BCUT2D eigenvalue weighted by atomic mass is 32.1. The van der Waals surface area contributed by atoms with Crippen molar-refractivity contribution in [1.29, 1.82) is 0 Å². The molecule has 4 rings (SSSR count). The number of piperidine rings is 1. The highest BCUT2D eigenvalue weighted by Gasteiger charge is 2.25. The minimum atomic E-state index is 0.0298. The van der Waals surface area contributed by atoms with Gasteiger partial charge in [0.2, 0.25) is 5.95 Å². The Morgan fingerprint density at radius 3 is 3.12 bits per heavy atom. The van der Waals surface area contributed by atoms with E-state index >= 15 is 0 Å². The third kappa shape index (κ3) is 3.46. The first-order chi connectivity index (χ1) is 12.6. The van der Waals surface area contributed by atoms with Crippen LogP contribution in [-0.4, -0.2) is 41.6 Å². The molecular formula is C19H24N4O2S. The van der Waals surface area contributed by atoms with Crippen LogP contribution in [0.2, 0.25) is 0 Å². The second-order valence-electron chi connectivity index (χ2n) is 7.03. The molecule has 0 unspecified atom stereocenters. The van der Waals surface area contributed by atoms with E-state index in [0.29, 0.717) is 6.61 Å². The van der Waals surface area contributed by atoms with E-state index in [1.807, 2.05) is 18.5 Å². The van der Waals surface area contributed by atoms with Crippen LogP contribution in [0.4, 0.5) is 5.95 Å². The predicted molar refractivity (Wildman–Crippen MR) is 102 cm³/mol. The van der Waals surface area contributed by atoms with Gasteiger partial charge in [0.1, 0.15) is 0 Å². The zero-order valence-corrected chi connectivity index (χ0v) is 16.1. The minimum Gasteiger partial charge on any atom is -0.376 e. The molecule has 1 fully saturated rings. The van der Waals surface area contributed by atoms with E-state index < -0.39 is 0 Å². The Morgan fingerprint density at radius 2 is 2.31 bits per heavy atom. The Balaban J connectivity index is 1.44. The second kappa shape index (κ2) is 7.32. The molecule has 1 N–H and O–H groups in total. The van der Waals surface area contributed by atoms with Crippen molar-refractivity contribution in [3.8, 4) is 0 Å². The standard InChI is InChI=1S/C19H24N4O2S/c1-12-13(2)26-11-16(12)18(24)21-15-4-3-6-23(9-15)19-20-8-14-10-25-7-5-17(14)22-19/h8,11,15H,3-7,9-10H2,1-2H3,(H,21,24)/t15-/m0/s1. The fourth-order valence-corrected chi connectivity index (χ4v) is 4.41. The van der Waals surface area contributed by atoms with Gasteiger partial charge in [0.15, 0.2) is 0 Å². The maximum absolute atomic E-state index is 12.6. The van der Waals surface area contributed by atoms with Gasteiger partial charge in [-0.1, -0.05) is 0 Å². The molecule has 1 atom stereocenters. The van der Waals surface area contributed by atoms with Crippen molar-refractivity contribution >= 4 is 23.2 Å². The van der Waals surface area contributed by atoms with Crippen LogP contribution < -0.4 is 10.2 Å². The van der Waals surface area contributed by atoms with Gasteiger partial charge in [0, 0.05) is 47.6 Å². The van der Waals surface area contributed by atoms with Crippen LogP contribution in [0.3, 0.4) is 0 Å². The molecule has 0 spiro atoms. The van der Waals surface area contributed by atoms with Gasteiger partial charge in [0.25, 0.3) is 5.91 Å². The summed E-state index contributed by atoms with van der Waals surface area (Å²) in [5.41, 5.74) is 4.07. The maximum Gasteiger partial charge on any atom is 0.252 e. The summed E-state index contributed by atoms with van der Waals surface area (Å²) in [7, 11) is 0. The molecule has 2 aliphatic rings. The Morgan fingerprint density at radius 1 is 1.42 bits per heavy atom. The first-order valence-corrected chi connectivity index (χ1v) is 10.0. The van der Waals surface area contributed by atoms with Crippen LogP contribution in [0.15, 0.2) is 11.6 Å². The number of hydrogen-bond acceptors (Lipinski definition) is 6. The summed E-state index contributed by atoms with van der Waals surface area (Å²) in [6.45, 7) is 7.08. The number of aromatic nitrogens is 2. The third-order valence-electron chi connectivity index (χ3n) is 5.25. The molecule has 2 aromatic heterocycles. The predicted octanol–water partition coefficient (Wildman–Crippen LogP) is 2.63. The van der Waals surface area contributed by atoms with Gasteiger partial charge >= 0.3 is 0 Å². The Kier molecular flexibility index (Phi) is 4.91. The smallest absolute Gasteiger partial charge is 0.252 e. The number of nitrogens with one attached hydrogen (secondary N) is 1. The molecule has 1 amide bonds. The van der Waals surface area contributed by atoms with Crippen molar-refractivity contribution < 1.29 is 9.53 Å². The molecule has 7 heteroatoms. The highest BCUT2D eigenvalue weighted by Crippen LogP contribution is 2.23. The zero-order chi connectivity index (χ0) is 18.1. The van der Waals surface area contributed by atoms with Gasteiger partial charge in [-0.05, 0) is 32.3 Å². The largest absolute Gasteiger partial charge is 0.376 e. The maximum atomic E-state index is 12.6. The number of hydrogen-bond donors (Lipinski definition) is 1. The lowest BCUT2D eigenvalue weighted by Crippen LogP contribution is -2.48. The molecule has 2 aliphatic heterocycles. The van der Waals surface area contributed by atoms with Gasteiger partial charge < -0.3 is 15.0 Å². The Labute approximate surface area is 157 Å². The van der Waals surface area contributed by atoms with Crippen molar-refractivity contribution in [3.63, 3.8) is 0 Å². The first kappa shape index (κ1) is 17.4. The molecule has 0 radical (unpaired) electrons. The van der Waals surface area contributed by atoms with E-state index in [1.165, 1.54) is 4.88 Å². The van der Waals surface area contributed by atoms with E-state index in [9.17, 15) is 4.79 Å². The Hall–Kier alpha value is -1.99. The average molecular weight is 372 g/mol. The molecule has 0 aliphatic carbocycles. The molecular weight excluding hydrogens is 348 g/mol. The van der Waals surface area contributed by atoms with Crippen molar-refractivity contribution in [2.45, 2.75) is 45.8 Å². The molecule has 26 heavy (non-hydrogen) atoms. The molecule has 6 nitrogen and oxygen atoms in total. The third-order valence-corrected chi connectivity index (χ3v) is 6.27. The van der Waals surface area contributed by atoms with Crippen LogP contribution in [0.1, 0.15) is 44.9 Å². The molecule has 0 saturated carbocycles. The van der Waals surface area contributed by atoms with Crippen LogP contribution in [0, 0.1) is 13.8 Å². The number of rotatable bonds is 3. The number of nitrogens with zero attached hydrogens (tertiary/aromatic N) is 3. The van der Waals surface area contributed by atoms with Crippen LogP contribution in [0.25, 0.3) is 0 Å². The van der Waals surface area contributed by atoms with Crippen molar-refractivity contribution in [1.82, 2.24) is 15.3 Å². The number of aryl methyl sites for hydroxylation is 1. The quantitative estimate of drug-likeness (QED) is 0.897. The average Bonchev–Trinajstić information content (AvgIpc) is 3.00. The second-order valence-corrected chi connectivity index (χ2v) is 8.12. The number of anilines is 1. The van der Waals surface area contributed by atoms with Gasteiger partial charge in [-0.15, -0.1) is 11.3 Å². The topological polar surface area (TPSA) is 67.4 Å². The molecule has 2 aromatic rings. The van der Waals surface area contributed by atoms with Crippen molar-refractivity contribution in [2.24, 2.45) is 0 Å². The van der Waals surface area contributed by atoms with Gasteiger partial charge in [-0.3, -0.25) is 4.79 Å². The fourth-order valence-electron chi connectivity index (χ4n) is 3.55. The SMILES string of the molecule is Cc1scc(C(=O)N[C@H]2CCCN(c3ncc4c(n3)CCOC4)C2)c1C. The lowest BCUT2D eigenvalue weighted by atomic mass is 10.0. The zero-order valence-electron chi connectivity index (χ0n) is 15.2. The van der Waals surface area contributed by atoms with E-state index in [0.717, 1.165) is 67.3 Å². The van der Waals surface area contributed by atoms with E-state index in [-0.39, 0.29) is 11.9 Å². The van der Waals surface area contributed by atoms with E-state index in [4.69, 9.17) is 9.72 Å². The van der Waals surface area contributed by atoms with E-state index in [1.54, 1.807) is 11.3 Å². The first-order valence-electron chi connectivity index (χ1n) is 9.15. The minimum absolute atomic E-state index is 0.0298. The number of ether oxygens (including phenoxy) is 1. The van der Waals surface area contributed by atoms with Crippen molar-refractivity contribution in [2.75, 3.05) is 24.6 Å². The summed E-state index contributed by atoms with van der Waals surface area (Å²) in [6, 6.07) is 0.124. The summed E-state index contributed by atoms with van der Waals surface area (Å²) >= 11 is 1.63. The monoisotopic (exact) mass is 372 g/mol. The number of carbonyl (C=O) groups excluding carboxylic acids is 1. The number of amides is 1. The van der Waals surface area contributed by atoms with Crippen LogP contribution >= 0.6 is 11.3 Å². The lowest BCUT2D eigenvalue weighted by molar-refractivity contribution is 0.0932. The summed E-state index contributed by atoms with van der Waals surface area (Å²) in [4.78, 5) is 25.3. The van der Waals surface area contributed by atoms with Gasteiger partial charge in [-0.2, -0.15) is 0 Å². The number of thiophene rings is 1. The molecule has 0 aromatic carbocycles. The highest BCUT2D eigenvalue weighted by molar-refractivity contribution is 7.10.